The Balaban J connectivity index is 0. The molecule has 4 heteroatoms. The van der Waals surface area contributed by atoms with Crippen molar-refractivity contribution in [3.05, 3.63) is 0 Å². The quantitative estimate of drug-likeness (QED) is 0.772. The molecule has 0 radical (unpaired) electrons. The highest BCUT2D eigenvalue weighted by molar-refractivity contribution is 5.77. The number of hydrogen-bond donors (Lipinski definition) is 2. The summed E-state index contributed by atoms with van der Waals surface area (Å²) in [5.74, 6) is 0.377. The molecule has 0 spiro atoms. The molecule has 0 aromatic rings. The lowest BCUT2D eigenvalue weighted by atomic mass is 10.2. The molecule has 2 amide bonds. The molecular weight excluding hydrogens is 204 g/mol. The van der Waals surface area contributed by atoms with Gasteiger partial charge in [0.15, 0.2) is 0 Å². The van der Waals surface area contributed by atoms with Crippen molar-refractivity contribution in [2.24, 2.45) is 5.92 Å². The maximum Gasteiger partial charge on any atom is 0.222 e. The summed E-state index contributed by atoms with van der Waals surface area (Å²) < 4.78 is 0. The van der Waals surface area contributed by atoms with Gasteiger partial charge in [0.2, 0.25) is 11.8 Å². The number of carbonyl (C=O) groups excluding carboxylic acids is 2. The molecule has 0 atom stereocenters. The van der Waals surface area contributed by atoms with Gasteiger partial charge in [-0.05, 0) is 20.8 Å². The van der Waals surface area contributed by atoms with E-state index < -0.39 is 0 Å². The second kappa shape index (κ2) is 10.5. The van der Waals surface area contributed by atoms with E-state index in [4.69, 9.17) is 0 Å². The summed E-state index contributed by atoms with van der Waals surface area (Å²) in [7, 11) is 0. The maximum atomic E-state index is 10.6. The van der Waals surface area contributed by atoms with Crippen LogP contribution in [0.5, 0.6) is 0 Å². The van der Waals surface area contributed by atoms with Gasteiger partial charge in [0.05, 0.1) is 0 Å². The van der Waals surface area contributed by atoms with E-state index in [2.05, 4.69) is 10.6 Å². The Hall–Kier alpha value is -1.06. The molecule has 0 aliphatic carbocycles. The van der Waals surface area contributed by atoms with Crippen molar-refractivity contribution in [2.45, 2.75) is 54.0 Å². The third-order valence-corrected chi connectivity index (χ3v) is 1.65. The molecule has 0 aliphatic rings. The molecule has 0 aromatic carbocycles. The smallest absolute Gasteiger partial charge is 0.222 e. The number of rotatable bonds is 4. The van der Waals surface area contributed by atoms with Gasteiger partial charge < -0.3 is 10.6 Å². The first-order valence-corrected chi connectivity index (χ1v) is 5.92. The predicted octanol–water partition coefficient (Wildman–Crippen LogP) is 1.70. The molecule has 96 valence electrons. The Morgan fingerprint density at radius 2 is 1.56 bits per heavy atom. The van der Waals surface area contributed by atoms with Crippen molar-refractivity contribution >= 4 is 11.8 Å². The Kier molecular flexibility index (Phi) is 11.3. The molecule has 0 fully saturated rings. The fourth-order valence-corrected chi connectivity index (χ4v) is 0.802. The van der Waals surface area contributed by atoms with Crippen LogP contribution in [0.3, 0.4) is 0 Å². The van der Waals surface area contributed by atoms with Gasteiger partial charge in [-0.15, -0.1) is 0 Å². The van der Waals surface area contributed by atoms with Crippen molar-refractivity contribution in [3.8, 4) is 0 Å². The minimum absolute atomic E-state index is 0.120. The first kappa shape index (κ1) is 17.3. The highest BCUT2D eigenvalue weighted by Crippen LogP contribution is 1.88. The van der Waals surface area contributed by atoms with Gasteiger partial charge >= 0.3 is 0 Å². The van der Waals surface area contributed by atoms with Crippen molar-refractivity contribution in [3.63, 3.8) is 0 Å². The summed E-state index contributed by atoms with van der Waals surface area (Å²) in [6.07, 6.45) is 0.582. The zero-order chi connectivity index (χ0) is 13.1. The van der Waals surface area contributed by atoms with Crippen LogP contribution in [0.25, 0.3) is 0 Å². The van der Waals surface area contributed by atoms with Crippen LogP contribution in [-0.4, -0.2) is 24.4 Å². The normalized spacial score (nSPS) is 9.50. The van der Waals surface area contributed by atoms with Crippen LogP contribution in [0, 0.1) is 5.92 Å². The summed E-state index contributed by atoms with van der Waals surface area (Å²) in [5.41, 5.74) is 0. The third kappa shape index (κ3) is 12.9. The van der Waals surface area contributed by atoms with Crippen LogP contribution >= 0.6 is 0 Å². The van der Waals surface area contributed by atoms with Crippen LogP contribution < -0.4 is 10.6 Å². The van der Waals surface area contributed by atoms with Gasteiger partial charge in [-0.3, -0.25) is 9.59 Å². The third-order valence-electron chi connectivity index (χ3n) is 1.65. The van der Waals surface area contributed by atoms with E-state index >= 15 is 0 Å². The average molecular weight is 230 g/mol. The summed E-state index contributed by atoms with van der Waals surface area (Å²) in [4.78, 5) is 21.1. The lowest BCUT2D eigenvalue weighted by Gasteiger charge is -2.04. The van der Waals surface area contributed by atoms with E-state index in [1.54, 1.807) is 0 Å². The maximum absolute atomic E-state index is 10.6. The van der Waals surface area contributed by atoms with Crippen LogP contribution in [-0.2, 0) is 9.59 Å². The second-order valence-corrected chi connectivity index (χ2v) is 4.13. The lowest BCUT2D eigenvalue weighted by molar-refractivity contribution is -0.124. The zero-order valence-electron chi connectivity index (χ0n) is 11.4. The zero-order valence-corrected chi connectivity index (χ0v) is 11.4. The fourth-order valence-electron chi connectivity index (χ4n) is 0.802. The summed E-state index contributed by atoms with van der Waals surface area (Å²) in [5, 5.41) is 5.46. The number of hydrogen-bond acceptors (Lipinski definition) is 2. The van der Waals surface area contributed by atoms with Gasteiger partial charge in [0, 0.05) is 24.9 Å². The Morgan fingerprint density at radius 1 is 1.06 bits per heavy atom. The van der Waals surface area contributed by atoms with E-state index in [0.717, 1.165) is 6.54 Å². The minimum Gasteiger partial charge on any atom is -0.356 e. The molecular formula is C12H26N2O2. The van der Waals surface area contributed by atoms with Crippen LogP contribution in [0.4, 0.5) is 0 Å². The monoisotopic (exact) mass is 230 g/mol. The second-order valence-electron chi connectivity index (χ2n) is 4.13. The molecule has 0 rings (SSSR count). The number of nitrogens with one attached hydrogen (secondary N) is 2. The summed E-state index contributed by atoms with van der Waals surface area (Å²) >= 11 is 0. The highest BCUT2D eigenvalue weighted by Gasteiger charge is 2.02. The molecule has 0 bridgehead atoms. The Bertz CT molecular complexity index is 201. The minimum atomic E-state index is 0.120. The molecule has 0 aromatic heterocycles. The number of carbonyl (C=O) groups is 2. The molecule has 0 heterocycles. The van der Waals surface area contributed by atoms with Gasteiger partial charge in [0.25, 0.3) is 0 Å². The molecule has 0 saturated carbocycles. The van der Waals surface area contributed by atoms with Crippen molar-refractivity contribution in [1.29, 1.82) is 0 Å². The van der Waals surface area contributed by atoms with E-state index in [9.17, 15) is 9.59 Å². The molecule has 0 unspecified atom stereocenters. The van der Waals surface area contributed by atoms with Gasteiger partial charge in [-0.1, -0.05) is 20.8 Å². The van der Waals surface area contributed by atoms with E-state index in [1.807, 2.05) is 41.5 Å². The topological polar surface area (TPSA) is 58.2 Å². The molecule has 16 heavy (non-hydrogen) atoms. The first-order valence-electron chi connectivity index (χ1n) is 5.92. The van der Waals surface area contributed by atoms with Crippen molar-refractivity contribution < 1.29 is 9.59 Å². The van der Waals surface area contributed by atoms with Gasteiger partial charge in [-0.25, -0.2) is 0 Å². The van der Waals surface area contributed by atoms with Crippen LogP contribution in [0.2, 0.25) is 0 Å². The van der Waals surface area contributed by atoms with Gasteiger partial charge in [-0.2, -0.15) is 0 Å². The van der Waals surface area contributed by atoms with Crippen LogP contribution in [0.15, 0.2) is 0 Å². The fraction of sp³-hybridized carbons (Fsp3) is 0.833. The van der Waals surface area contributed by atoms with Crippen molar-refractivity contribution in [2.75, 3.05) is 6.54 Å². The van der Waals surface area contributed by atoms with Crippen molar-refractivity contribution in [1.82, 2.24) is 10.6 Å². The first-order chi connectivity index (χ1) is 7.34. The Labute approximate surface area is 99.2 Å². The highest BCUT2D eigenvalue weighted by atomic mass is 16.2. The number of amides is 2. The van der Waals surface area contributed by atoms with E-state index in [-0.39, 0.29) is 23.8 Å². The standard InChI is InChI=1S/2C6H13NO/c1-4-7-6(8)5(2)3;1-4-6(8)7-5(2)3/h2*5H,4H2,1-3H3,(H,7,8). The summed E-state index contributed by atoms with van der Waals surface area (Å²) in [6, 6.07) is 0.280. The van der Waals surface area contributed by atoms with Crippen LogP contribution in [0.1, 0.15) is 48.0 Å². The largest absolute Gasteiger partial charge is 0.356 e. The van der Waals surface area contributed by atoms with Gasteiger partial charge in [0.1, 0.15) is 0 Å². The van der Waals surface area contributed by atoms with E-state index in [1.165, 1.54) is 0 Å². The van der Waals surface area contributed by atoms with E-state index in [0.29, 0.717) is 6.42 Å². The predicted molar refractivity (Wildman–Crippen MR) is 67.1 cm³/mol. The SMILES string of the molecule is CCC(=O)NC(C)C.CCNC(=O)C(C)C. The molecule has 4 nitrogen and oxygen atoms in total. The molecule has 0 saturated heterocycles. The molecule has 2 N–H and O–H groups in total. The average Bonchev–Trinajstić information content (AvgIpc) is 2.18. The molecule has 0 aliphatic heterocycles. The lowest BCUT2D eigenvalue weighted by Crippen LogP contribution is -2.29. The summed E-state index contributed by atoms with van der Waals surface area (Å²) in [6.45, 7) is 12.2. The Morgan fingerprint density at radius 3 is 1.69 bits per heavy atom.